The number of hydrogen-bond donors (Lipinski definition) is 4. The second kappa shape index (κ2) is 19.7. The Labute approximate surface area is 371 Å². The van der Waals surface area contributed by atoms with Crippen molar-refractivity contribution in [3.63, 3.8) is 0 Å². The maximum absolute atomic E-state index is 12.9. The van der Waals surface area contributed by atoms with E-state index in [0.29, 0.717) is 58.4 Å². The normalized spacial score (nSPS) is 12.6. The number of fused-ring (bicyclic) bond motifs is 2. The van der Waals surface area contributed by atoms with Crippen LogP contribution in [0.2, 0.25) is 20.1 Å². The molecule has 2 aromatic carbocycles. The summed E-state index contributed by atoms with van der Waals surface area (Å²) in [5, 5.41) is 14.7. The molecule has 1 aliphatic rings. The molecule has 0 spiro atoms. The topological polar surface area (TPSA) is 162 Å². The molecule has 8 rings (SSSR count). The fraction of sp³-hybridized carbons (Fsp3) is 0.135. The number of Topliss-reactive ketones (excluding diaryl/α,β-unsaturated/α-hetero) is 2. The van der Waals surface area contributed by atoms with Crippen molar-refractivity contribution < 1.29 is 9.59 Å². The zero-order valence-corrected chi connectivity index (χ0v) is 36.9. The molecule has 5 heterocycles. The standard InChI is InChI=1S/C19H14Cl2N4OS.C11H10ClNO.C7H4Cl2N4S.HI/c1-10(17(26)13-7-6-11-4-2-3-5-12(11)13)27-19-23-18(24-25-19)16-14(20)8-22-9-15(16)21;1-7(12)11(14)9-6-13-10-5-3-2-4-8(9)10;8-3-1-10-2-4(9)5(3)6-11-7(14)13-12-6;/h2-5,7-10H,6H2,1H3,(H,23,24,25);2-7,13H,1H3;1-2H,(H2,11,12,13,14);1H/t10-;7-;;/m10../s1. The van der Waals surface area contributed by atoms with Gasteiger partial charge in [0.2, 0.25) is 9.93 Å². The van der Waals surface area contributed by atoms with Crippen LogP contribution in [-0.2, 0) is 11.2 Å². The molecule has 0 aliphatic heterocycles. The maximum atomic E-state index is 12.9. The Balaban J connectivity index is 0.000000175. The first-order valence-corrected chi connectivity index (χ1v) is 19.6. The van der Waals surface area contributed by atoms with Crippen molar-refractivity contribution in [3.8, 4) is 22.8 Å². The summed E-state index contributed by atoms with van der Waals surface area (Å²) in [6.45, 7) is 3.54. The molecule has 0 fully saturated rings. The number of pyridine rings is 2. The maximum Gasteiger partial charge on any atom is 0.213 e. The summed E-state index contributed by atoms with van der Waals surface area (Å²) in [6.07, 6.45) is 10.5. The molecule has 0 saturated carbocycles. The molecular weight excluding hydrogens is 971 g/mol. The Hall–Kier alpha value is -3.61. The van der Waals surface area contributed by atoms with Crippen molar-refractivity contribution in [2.75, 3.05) is 0 Å². The third kappa shape index (κ3) is 10.1. The van der Waals surface area contributed by atoms with E-state index in [1.807, 2.05) is 61.5 Å². The second-order valence-electron chi connectivity index (χ2n) is 11.8. The van der Waals surface area contributed by atoms with Crippen molar-refractivity contribution in [1.29, 1.82) is 0 Å². The highest BCUT2D eigenvalue weighted by Crippen LogP contribution is 2.35. The van der Waals surface area contributed by atoms with Crippen LogP contribution in [0.3, 0.4) is 0 Å². The summed E-state index contributed by atoms with van der Waals surface area (Å²) in [6, 6.07) is 15.7. The number of rotatable bonds is 8. The van der Waals surface area contributed by atoms with Gasteiger partial charge in [0.25, 0.3) is 0 Å². The Morgan fingerprint density at radius 1 is 0.804 bits per heavy atom. The molecule has 0 bridgehead atoms. The number of halogens is 6. The number of para-hydroxylation sites is 1. The van der Waals surface area contributed by atoms with E-state index in [-0.39, 0.29) is 40.8 Å². The third-order valence-electron chi connectivity index (χ3n) is 8.11. The number of aromatic amines is 4. The number of thioether (sulfide) groups is 1. The monoisotopic (exact) mass is 997 g/mol. The predicted molar refractivity (Wildman–Crippen MR) is 238 cm³/mol. The van der Waals surface area contributed by atoms with E-state index in [4.69, 9.17) is 70.2 Å². The number of allylic oxidation sites excluding steroid dienone is 2. The van der Waals surface area contributed by atoms with Gasteiger partial charge >= 0.3 is 0 Å². The lowest BCUT2D eigenvalue weighted by atomic mass is 10.0. The van der Waals surface area contributed by atoms with E-state index in [9.17, 15) is 9.59 Å². The molecule has 0 amide bonds. The number of H-pyrrole nitrogens is 4. The molecule has 5 aromatic heterocycles. The zero-order valence-electron chi connectivity index (χ0n) is 29.1. The highest BCUT2D eigenvalue weighted by Gasteiger charge is 2.26. The quantitative estimate of drug-likeness (QED) is 0.0382. The average Bonchev–Trinajstić information content (AvgIpc) is 3.99. The molecule has 4 N–H and O–H groups in total. The second-order valence-corrected chi connectivity index (χ2v) is 15.7. The molecule has 56 heavy (non-hydrogen) atoms. The fourth-order valence-corrected chi connectivity index (χ4v) is 7.65. The highest BCUT2D eigenvalue weighted by atomic mass is 127. The smallest absolute Gasteiger partial charge is 0.213 e. The Morgan fingerprint density at radius 2 is 1.41 bits per heavy atom. The summed E-state index contributed by atoms with van der Waals surface area (Å²) < 4.78 is 0.351. The Bertz CT molecular complexity index is 2570. The van der Waals surface area contributed by atoms with Gasteiger partial charge in [-0.2, -0.15) is 4.98 Å². The lowest BCUT2D eigenvalue weighted by Crippen LogP contribution is -2.14. The van der Waals surface area contributed by atoms with Gasteiger partial charge in [-0.3, -0.25) is 34.9 Å². The van der Waals surface area contributed by atoms with Crippen LogP contribution in [0.4, 0.5) is 0 Å². The number of nitrogens with zero attached hydrogens (tertiary/aromatic N) is 5. The van der Waals surface area contributed by atoms with Gasteiger partial charge in [-0.15, -0.1) is 40.7 Å². The minimum atomic E-state index is -0.478. The molecule has 11 nitrogen and oxygen atoms in total. The van der Waals surface area contributed by atoms with Gasteiger partial charge in [0.1, 0.15) is 0 Å². The Morgan fingerprint density at radius 3 is 2.04 bits per heavy atom. The van der Waals surface area contributed by atoms with E-state index in [1.54, 1.807) is 13.1 Å². The fourth-order valence-electron chi connectivity index (χ4n) is 5.51. The van der Waals surface area contributed by atoms with Crippen LogP contribution in [-0.4, -0.2) is 67.5 Å². The number of carbonyl (C=O) groups excluding carboxylic acids is 2. The number of nitrogens with one attached hydrogen (secondary N) is 4. The summed E-state index contributed by atoms with van der Waals surface area (Å²) in [5.41, 5.74) is 5.73. The predicted octanol–water partition coefficient (Wildman–Crippen LogP) is 11.3. The minimum Gasteiger partial charge on any atom is -0.360 e. The minimum absolute atomic E-state index is 0. The summed E-state index contributed by atoms with van der Waals surface area (Å²) in [7, 11) is 0. The van der Waals surface area contributed by atoms with Crippen molar-refractivity contribution >= 4 is 134 Å². The van der Waals surface area contributed by atoms with Crippen LogP contribution < -0.4 is 0 Å². The van der Waals surface area contributed by atoms with Crippen LogP contribution >= 0.6 is 106 Å². The summed E-state index contributed by atoms with van der Waals surface area (Å²) >= 11 is 36.0. The van der Waals surface area contributed by atoms with Gasteiger partial charge in [0.05, 0.1) is 41.8 Å². The number of hydrogen-bond acceptors (Lipinski definition) is 9. The van der Waals surface area contributed by atoms with Crippen LogP contribution in [0.1, 0.15) is 35.3 Å². The summed E-state index contributed by atoms with van der Waals surface area (Å²) in [5.74, 6) is 0.979. The molecular formula is C37H29Cl5IN9O2S2. The number of ketones is 2. The molecule has 0 radical (unpaired) electrons. The first-order chi connectivity index (χ1) is 26.4. The van der Waals surface area contributed by atoms with E-state index in [2.05, 4.69) is 45.3 Å². The van der Waals surface area contributed by atoms with Crippen LogP contribution in [0, 0.1) is 4.77 Å². The van der Waals surface area contributed by atoms with Gasteiger partial charge in [0, 0.05) is 53.0 Å². The van der Waals surface area contributed by atoms with Gasteiger partial charge in [-0.25, -0.2) is 4.98 Å². The van der Waals surface area contributed by atoms with E-state index < -0.39 is 5.38 Å². The number of aromatic nitrogens is 9. The van der Waals surface area contributed by atoms with Crippen LogP contribution in [0.25, 0.3) is 39.3 Å². The van der Waals surface area contributed by atoms with Gasteiger partial charge in [-0.1, -0.05) is 107 Å². The van der Waals surface area contributed by atoms with Gasteiger partial charge in [-0.05, 0) is 49.7 Å². The molecule has 288 valence electrons. The largest absolute Gasteiger partial charge is 0.360 e. The number of benzene rings is 2. The average molecular weight is 1000 g/mol. The first kappa shape index (κ1) is 43.5. The van der Waals surface area contributed by atoms with Gasteiger partial charge in [0.15, 0.2) is 23.2 Å². The van der Waals surface area contributed by atoms with Crippen LogP contribution in [0.15, 0.2) is 90.7 Å². The van der Waals surface area contributed by atoms with Crippen molar-refractivity contribution in [3.05, 3.63) is 127 Å². The van der Waals surface area contributed by atoms with Crippen molar-refractivity contribution in [1.82, 2.24) is 45.3 Å². The Kier molecular flexibility index (Phi) is 15.3. The zero-order chi connectivity index (χ0) is 39.2. The molecule has 2 atom stereocenters. The lowest BCUT2D eigenvalue weighted by molar-refractivity contribution is -0.113. The lowest BCUT2D eigenvalue weighted by Gasteiger charge is -2.10. The van der Waals surface area contributed by atoms with E-state index >= 15 is 0 Å². The molecule has 0 unspecified atom stereocenters. The van der Waals surface area contributed by atoms with Gasteiger partial charge < -0.3 is 4.98 Å². The van der Waals surface area contributed by atoms with E-state index in [1.165, 1.54) is 42.1 Å². The number of alkyl halides is 1. The van der Waals surface area contributed by atoms with Crippen molar-refractivity contribution in [2.24, 2.45) is 0 Å². The molecule has 7 aromatic rings. The van der Waals surface area contributed by atoms with Crippen molar-refractivity contribution in [2.45, 2.75) is 36.1 Å². The highest BCUT2D eigenvalue weighted by molar-refractivity contribution is 14.0. The van der Waals surface area contributed by atoms with E-state index in [0.717, 1.165) is 28.5 Å². The van der Waals surface area contributed by atoms with Crippen LogP contribution in [0.5, 0.6) is 0 Å². The molecule has 19 heteroatoms. The summed E-state index contributed by atoms with van der Waals surface area (Å²) in [4.78, 5) is 43.8. The SMILES string of the molecule is C[C@@H](Sc1n[nH]c(-c2c(Cl)cncc2Cl)n1)C(=O)C1=CCc2ccccc21.C[C@H](Cl)C(=O)c1c[nH]c2ccccc12.I.S=c1nc(-c2c(Cl)cncc2Cl)[nH][nH]1. The molecule has 0 saturated heterocycles. The first-order valence-electron chi connectivity index (χ1n) is 16.3. The molecule has 1 aliphatic carbocycles. The number of carbonyl (C=O) groups is 2. The third-order valence-corrected chi connectivity index (χ3v) is 10.6.